The van der Waals surface area contributed by atoms with E-state index < -0.39 is 43.0 Å². The Kier molecular flexibility index (Phi) is 12.0. The van der Waals surface area contributed by atoms with Gasteiger partial charge in [-0.25, -0.2) is 4.79 Å². The predicted octanol–water partition coefficient (Wildman–Crippen LogP) is -1.18. The highest BCUT2D eigenvalue weighted by Gasteiger charge is 2.39. The summed E-state index contributed by atoms with van der Waals surface area (Å²) in [6.45, 7) is -0.278. The molecule has 0 aromatic carbocycles. The molecule has 0 radical (unpaired) electrons. The van der Waals surface area contributed by atoms with Gasteiger partial charge in [0, 0.05) is 25.8 Å². The van der Waals surface area contributed by atoms with Gasteiger partial charge in [-0.15, -0.1) is 0 Å². The van der Waals surface area contributed by atoms with Crippen LogP contribution in [0.1, 0.15) is 12.8 Å². The van der Waals surface area contributed by atoms with Gasteiger partial charge < -0.3 is 35.6 Å². The van der Waals surface area contributed by atoms with Gasteiger partial charge >= 0.3 is 6.16 Å². The Labute approximate surface area is 138 Å². The molecule has 0 saturated heterocycles. The van der Waals surface area contributed by atoms with Gasteiger partial charge in [-0.3, -0.25) is 4.79 Å². The van der Waals surface area contributed by atoms with Gasteiger partial charge in [0.05, 0.1) is 6.61 Å². The molecule has 0 unspecified atom stereocenters. The highest BCUT2D eigenvalue weighted by atomic mass is 32.2. The molecular formula is C13H25NO8S. The van der Waals surface area contributed by atoms with E-state index in [0.29, 0.717) is 18.7 Å². The number of thioether (sulfide) groups is 1. The summed E-state index contributed by atoms with van der Waals surface area (Å²) in [4.78, 5) is 22.9. The largest absolute Gasteiger partial charge is 0.506 e. The number of carbonyl (C=O) groups excluding carboxylic acids is 1. The molecule has 0 aromatic rings. The zero-order valence-electron chi connectivity index (χ0n) is 13.0. The van der Waals surface area contributed by atoms with Crippen molar-refractivity contribution in [2.45, 2.75) is 37.3 Å². The fraction of sp³-hybridized carbons (Fsp3) is 0.846. The third-order valence-electron chi connectivity index (χ3n) is 3.00. The number of aliphatic hydroxyl groups is 3. The molecule has 0 amide bonds. The van der Waals surface area contributed by atoms with E-state index in [4.69, 9.17) is 20.7 Å². The number of hydrogen-bond donors (Lipinski definition) is 5. The zero-order chi connectivity index (χ0) is 17.8. The number of carboxylic acid groups (broad SMARTS) is 1. The van der Waals surface area contributed by atoms with Crippen molar-refractivity contribution in [3.05, 3.63) is 0 Å². The number of carbonyl (C=O) groups is 2. The first-order chi connectivity index (χ1) is 10.9. The van der Waals surface area contributed by atoms with Crippen molar-refractivity contribution in [1.82, 2.24) is 0 Å². The normalized spacial score (nSPS) is 16.4. The molecular weight excluding hydrogens is 330 g/mol. The second kappa shape index (κ2) is 12.5. The lowest BCUT2D eigenvalue weighted by atomic mass is 9.98. The average Bonchev–Trinajstić information content (AvgIpc) is 2.52. The molecule has 9 nitrogen and oxygen atoms in total. The van der Waals surface area contributed by atoms with Crippen LogP contribution < -0.4 is 5.73 Å². The summed E-state index contributed by atoms with van der Waals surface area (Å²) < 4.78 is 9.43. The van der Waals surface area contributed by atoms with Gasteiger partial charge in [0.1, 0.15) is 12.2 Å². The molecule has 10 heteroatoms. The first kappa shape index (κ1) is 22.1. The summed E-state index contributed by atoms with van der Waals surface area (Å²) >= 11 is 1.58. The lowest BCUT2D eigenvalue weighted by Gasteiger charge is -2.29. The van der Waals surface area contributed by atoms with Crippen LogP contribution in [0.5, 0.6) is 0 Å². The smallest absolute Gasteiger partial charge is 0.450 e. The molecule has 4 atom stereocenters. The third-order valence-corrected chi connectivity index (χ3v) is 4.10. The second-order valence-electron chi connectivity index (χ2n) is 4.72. The minimum Gasteiger partial charge on any atom is -0.450 e. The number of hydrogen-bond acceptors (Lipinski definition) is 9. The van der Waals surface area contributed by atoms with Crippen LogP contribution >= 0.6 is 11.8 Å². The number of aliphatic hydroxyl groups excluding tert-OH is 3. The lowest BCUT2D eigenvalue weighted by Crippen LogP contribution is -2.51. The highest BCUT2D eigenvalue weighted by molar-refractivity contribution is 7.99. The van der Waals surface area contributed by atoms with Crippen molar-refractivity contribution in [2.24, 2.45) is 5.73 Å². The maximum atomic E-state index is 12.2. The van der Waals surface area contributed by atoms with E-state index in [2.05, 4.69) is 4.74 Å². The molecule has 0 aliphatic carbocycles. The Morgan fingerprint density at radius 1 is 1.26 bits per heavy atom. The molecule has 0 aromatic heterocycles. The van der Waals surface area contributed by atoms with Crippen LogP contribution in [0, 0.1) is 0 Å². The molecule has 0 aliphatic heterocycles. The monoisotopic (exact) mass is 355 g/mol. The highest BCUT2D eigenvalue weighted by Crippen LogP contribution is 2.16. The van der Waals surface area contributed by atoms with Crippen LogP contribution in [0.15, 0.2) is 0 Å². The van der Waals surface area contributed by atoms with Crippen molar-refractivity contribution >= 4 is 23.7 Å². The molecule has 23 heavy (non-hydrogen) atoms. The van der Waals surface area contributed by atoms with Gasteiger partial charge in [0.2, 0.25) is 0 Å². The number of ketones is 1. The van der Waals surface area contributed by atoms with Crippen LogP contribution in [-0.2, 0) is 14.3 Å². The first-order valence-electron chi connectivity index (χ1n) is 7.08. The quantitative estimate of drug-likeness (QED) is 0.201. The van der Waals surface area contributed by atoms with Crippen molar-refractivity contribution in [2.75, 3.05) is 31.8 Å². The SMILES string of the molecule is CO[C@@H](C(=O)CCCSCCN)[C@@H](OC(=O)O)[C@@H](O)[C@H](O)CO. The van der Waals surface area contributed by atoms with Gasteiger partial charge in [-0.1, -0.05) is 0 Å². The maximum Gasteiger partial charge on any atom is 0.506 e. The van der Waals surface area contributed by atoms with E-state index in [1.54, 1.807) is 11.8 Å². The van der Waals surface area contributed by atoms with Crippen molar-refractivity contribution < 1.29 is 39.5 Å². The van der Waals surface area contributed by atoms with E-state index in [1.807, 2.05) is 0 Å². The van der Waals surface area contributed by atoms with Crippen molar-refractivity contribution in [3.8, 4) is 0 Å². The second-order valence-corrected chi connectivity index (χ2v) is 5.94. The third kappa shape index (κ3) is 8.49. The van der Waals surface area contributed by atoms with Crippen LogP contribution in [0.25, 0.3) is 0 Å². The Morgan fingerprint density at radius 3 is 2.39 bits per heavy atom. The van der Waals surface area contributed by atoms with Crippen LogP contribution in [0.2, 0.25) is 0 Å². The summed E-state index contributed by atoms with van der Waals surface area (Å²) in [5.74, 6) is 1.01. The maximum absolute atomic E-state index is 12.2. The molecule has 0 rings (SSSR count). The number of rotatable bonds is 13. The summed E-state index contributed by atoms with van der Waals surface area (Å²) in [5, 5.41) is 36.9. The lowest BCUT2D eigenvalue weighted by molar-refractivity contribution is -0.154. The van der Waals surface area contributed by atoms with E-state index >= 15 is 0 Å². The predicted molar refractivity (Wildman–Crippen MR) is 83.4 cm³/mol. The summed E-state index contributed by atoms with van der Waals surface area (Å²) in [6, 6.07) is 0. The van der Waals surface area contributed by atoms with Crippen LogP contribution in [0.3, 0.4) is 0 Å². The van der Waals surface area contributed by atoms with Gasteiger partial charge in [-0.05, 0) is 12.2 Å². The Hall–Kier alpha value is -0.910. The molecule has 0 aliphatic rings. The number of methoxy groups -OCH3 is 1. The molecule has 0 heterocycles. The van der Waals surface area contributed by atoms with Gasteiger partial charge in [0.15, 0.2) is 18.0 Å². The fourth-order valence-corrected chi connectivity index (χ4v) is 2.60. The molecule has 136 valence electrons. The van der Waals surface area contributed by atoms with Gasteiger partial charge in [-0.2, -0.15) is 11.8 Å². The molecule has 0 spiro atoms. The van der Waals surface area contributed by atoms with Crippen molar-refractivity contribution in [1.29, 1.82) is 0 Å². The first-order valence-corrected chi connectivity index (χ1v) is 8.24. The summed E-state index contributed by atoms with van der Waals surface area (Å²) in [6.07, 6.45) is -7.57. The summed E-state index contributed by atoms with van der Waals surface area (Å²) in [5.41, 5.74) is 5.35. The molecule has 0 fully saturated rings. The minimum absolute atomic E-state index is 0.0947. The van der Waals surface area contributed by atoms with Crippen molar-refractivity contribution in [3.63, 3.8) is 0 Å². The molecule has 6 N–H and O–H groups in total. The van der Waals surface area contributed by atoms with E-state index in [0.717, 1.165) is 5.75 Å². The van der Waals surface area contributed by atoms with E-state index in [1.165, 1.54) is 7.11 Å². The molecule has 0 bridgehead atoms. The topological polar surface area (TPSA) is 160 Å². The number of ether oxygens (including phenoxy) is 2. The number of Topliss-reactive ketones (excluding diaryl/α,β-unsaturated/α-hetero) is 1. The Bertz CT molecular complexity index is 357. The number of nitrogens with two attached hydrogens (primary N) is 1. The Balaban J connectivity index is 4.78. The van der Waals surface area contributed by atoms with Crippen LogP contribution in [0.4, 0.5) is 4.79 Å². The average molecular weight is 355 g/mol. The zero-order valence-corrected chi connectivity index (χ0v) is 13.8. The minimum atomic E-state index is -1.79. The molecule has 0 saturated carbocycles. The van der Waals surface area contributed by atoms with E-state index in [-0.39, 0.29) is 6.42 Å². The fourth-order valence-electron chi connectivity index (χ4n) is 1.88. The van der Waals surface area contributed by atoms with Gasteiger partial charge in [0.25, 0.3) is 0 Å². The standard InChI is InChI=1S/C13H25NO8S/c1-21-11(8(16)3-2-5-23-6-4-14)12(22-13(19)20)10(18)9(17)7-15/h9-12,15,17-18H,2-7,14H2,1H3,(H,19,20)/t9-,10+,11+,12+/m1/s1. The van der Waals surface area contributed by atoms with Crippen LogP contribution in [-0.4, -0.2) is 88.5 Å². The Morgan fingerprint density at radius 2 is 1.91 bits per heavy atom. The summed E-state index contributed by atoms with van der Waals surface area (Å²) in [7, 11) is 1.17. The van der Waals surface area contributed by atoms with E-state index in [9.17, 15) is 19.8 Å².